The Balaban J connectivity index is 2.18. The molecule has 1 aliphatic heterocycles. The van der Waals surface area contributed by atoms with E-state index in [9.17, 15) is 19.8 Å². The number of urea groups is 1. The largest absolute Gasteiger partial charge is 0.504 e. The van der Waals surface area contributed by atoms with Crippen molar-refractivity contribution in [1.29, 1.82) is 0 Å². The topological polar surface area (TPSA) is 108 Å². The first-order valence-corrected chi connectivity index (χ1v) is 8.07. The lowest BCUT2D eigenvalue weighted by molar-refractivity contribution is -0.138. The van der Waals surface area contributed by atoms with Gasteiger partial charge in [-0.15, -0.1) is 0 Å². The van der Waals surface area contributed by atoms with Crippen molar-refractivity contribution in [3.8, 4) is 11.5 Å². The number of ether oxygens (including phenoxy) is 1. The quantitative estimate of drug-likeness (QED) is 0.498. The number of esters is 1. The van der Waals surface area contributed by atoms with E-state index in [-0.39, 0.29) is 23.7 Å². The SMILES string of the molecule is CCOC(=O)C1=C(c2ccccc2)NC(=O)N[C@@H]1c1ccc(O)c(O)c1. The van der Waals surface area contributed by atoms with Crippen LogP contribution in [-0.4, -0.2) is 28.8 Å². The number of phenols is 2. The number of carbonyl (C=O) groups excluding carboxylic acids is 2. The van der Waals surface area contributed by atoms with Crippen molar-refractivity contribution >= 4 is 17.7 Å². The molecule has 0 spiro atoms. The smallest absolute Gasteiger partial charge is 0.338 e. The number of hydrogen-bond acceptors (Lipinski definition) is 5. The van der Waals surface area contributed by atoms with Crippen LogP contribution in [-0.2, 0) is 9.53 Å². The first-order valence-electron chi connectivity index (χ1n) is 8.07. The Hall–Kier alpha value is -3.48. The second-order valence-electron chi connectivity index (χ2n) is 5.65. The van der Waals surface area contributed by atoms with Gasteiger partial charge in [0.15, 0.2) is 11.5 Å². The number of phenolic OH excluding ortho intramolecular Hbond substituents is 2. The molecule has 1 heterocycles. The maximum absolute atomic E-state index is 12.6. The van der Waals surface area contributed by atoms with Gasteiger partial charge < -0.3 is 25.6 Å². The summed E-state index contributed by atoms with van der Waals surface area (Å²) in [6, 6.07) is 11.7. The summed E-state index contributed by atoms with van der Waals surface area (Å²) in [5.41, 5.74) is 1.64. The molecule has 1 atom stereocenters. The van der Waals surface area contributed by atoms with E-state index in [2.05, 4.69) is 10.6 Å². The minimum absolute atomic E-state index is 0.173. The van der Waals surface area contributed by atoms with Gasteiger partial charge in [-0.1, -0.05) is 36.4 Å². The summed E-state index contributed by atoms with van der Waals surface area (Å²) in [6.45, 7) is 1.86. The first kappa shape index (κ1) is 17.3. The van der Waals surface area contributed by atoms with Crippen LogP contribution in [0.5, 0.6) is 11.5 Å². The molecule has 0 radical (unpaired) electrons. The molecule has 2 aromatic carbocycles. The second kappa shape index (κ2) is 7.18. The second-order valence-corrected chi connectivity index (χ2v) is 5.65. The number of nitrogens with one attached hydrogen (secondary N) is 2. The van der Waals surface area contributed by atoms with E-state index >= 15 is 0 Å². The van der Waals surface area contributed by atoms with Crippen LogP contribution in [0.3, 0.4) is 0 Å². The predicted octanol–water partition coefficient (Wildman–Crippen LogP) is 2.43. The number of aromatic hydroxyl groups is 2. The summed E-state index contributed by atoms with van der Waals surface area (Å²) in [7, 11) is 0. The molecule has 0 bridgehead atoms. The zero-order valence-corrected chi connectivity index (χ0v) is 14.0. The fourth-order valence-corrected chi connectivity index (χ4v) is 2.80. The van der Waals surface area contributed by atoms with E-state index in [4.69, 9.17) is 4.74 Å². The standard InChI is InChI=1S/C19H18N2O5/c1-2-26-18(24)15-16(11-6-4-3-5-7-11)20-19(25)21-17(15)12-8-9-13(22)14(23)10-12/h3-10,17,22-23H,2H2,1H3,(H2,20,21,25)/t17-/m1/s1. The summed E-state index contributed by atoms with van der Waals surface area (Å²) in [5, 5.41) is 24.7. The Labute approximate surface area is 149 Å². The van der Waals surface area contributed by atoms with Crippen LogP contribution in [0.15, 0.2) is 54.1 Å². The summed E-state index contributed by atoms with van der Waals surface area (Å²) in [6.07, 6.45) is 0. The fourth-order valence-electron chi connectivity index (χ4n) is 2.80. The molecule has 3 rings (SSSR count). The number of benzene rings is 2. The van der Waals surface area contributed by atoms with Crippen LogP contribution >= 0.6 is 0 Å². The van der Waals surface area contributed by atoms with Gasteiger partial charge in [0.1, 0.15) is 0 Å². The lowest BCUT2D eigenvalue weighted by Gasteiger charge is -2.29. The highest BCUT2D eigenvalue weighted by Crippen LogP contribution is 2.35. The van der Waals surface area contributed by atoms with Crippen LogP contribution in [0.2, 0.25) is 0 Å². The van der Waals surface area contributed by atoms with Crippen LogP contribution in [0, 0.1) is 0 Å². The monoisotopic (exact) mass is 354 g/mol. The zero-order chi connectivity index (χ0) is 18.7. The molecular formula is C19H18N2O5. The molecule has 2 amide bonds. The van der Waals surface area contributed by atoms with E-state index in [0.717, 1.165) is 0 Å². The molecular weight excluding hydrogens is 336 g/mol. The average molecular weight is 354 g/mol. The van der Waals surface area contributed by atoms with E-state index in [1.807, 2.05) is 6.07 Å². The zero-order valence-electron chi connectivity index (χ0n) is 14.0. The lowest BCUT2D eigenvalue weighted by Crippen LogP contribution is -2.45. The third-order valence-electron chi connectivity index (χ3n) is 3.96. The molecule has 4 N–H and O–H groups in total. The minimum Gasteiger partial charge on any atom is -0.504 e. The number of carbonyl (C=O) groups is 2. The molecule has 1 aliphatic rings. The van der Waals surface area contributed by atoms with Gasteiger partial charge >= 0.3 is 12.0 Å². The minimum atomic E-state index is -0.843. The Morgan fingerprint density at radius 2 is 1.85 bits per heavy atom. The lowest BCUT2D eigenvalue weighted by atomic mass is 9.92. The van der Waals surface area contributed by atoms with Crippen molar-refractivity contribution in [3.63, 3.8) is 0 Å². The van der Waals surface area contributed by atoms with E-state index in [1.54, 1.807) is 31.2 Å². The highest BCUT2D eigenvalue weighted by molar-refractivity contribution is 6.04. The molecule has 0 saturated carbocycles. The first-order chi connectivity index (χ1) is 12.5. The third-order valence-corrected chi connectivity index (χ3v) is 3.96. The van der Waals surface area contributed by atoms with Crippen molar-refractivity contribution in [2.24, 2.45) is 0 Å². The van der Waals surface area contributed by atoms with Gasteiger partial charge in [-0.25, -0.2) is 9.59 Å². The van der Waals surface area contributed by atoms with Crippen molar-refractivity contribution in [2.75, 3.05) is 6.61 Å². The van der Waals surface area contributed by atoms with Crippen LogP contribution in [0.1, 0.15) is 24.1 Å². The summed E-state index contributed by atoms with van der Waals surface area (Å²) in [4.78, 5) is 24.8. The van der Waals surface area contributed by atoms with Gasteiger partial charge in [-0.2, -0.15) is 0 Å². The normalized spacial score (nSPS) is 16.7. The average Bonchev–Trinajstić information content (AvgIpc) is 2.64. The molecule has 0 aliphatic carbocycles. The van der Waals surface area contributed by atoms with E-state index in [0.29, 0.717) is 16.8 Å². The van der Waals surface area contributed by atoms with Crippen LogP contribution in [0.4, 0.5) is 4.79 Å². The Morgan fingerprint density at radius 1 is 1.12 bits per heavy atom. The summed E-state index contributed by atoms with van der Waals surface area (Å²) in [5.74, 6) is -1.23. The van der Waals surface area contributed by atoms with Crippen LogP contribution < -0.4 is 10.6 Å². The Morgan fingerprint density at radius 3 is 2.50 bits per heavy atom. The summed E-state index contributed by atoms with van der Waals surface area (Å²) >= 11 is 0. The molecule has 26 heavy (non-hydrogen) atoms. The number of hydrogen-bond donors (Lipinski definition) is 4. The molecule has 7 heteroatoms. The van der Waals surface area contributed by atoms with Crippen molar-refractivity contribution in [3.05, 3.63) is 65.2 Å². The summed E-state index contributed by atoms with van der Waals surface area (Å²) < 4.78 is 5.17. The van der Waals surface area contributed by atoms with Gasteiger partial charge in [-0.3, -0.25) is 0 Å². The number of amides is 2. The van der Waals surface area contributed by atoms with Crippen molar-refractivity contribution in [2.45, 2.75) is 13.0 Å². The molecule has 0 aromatic heterocycles. The third kappa shape index (κ3) is 3.32. The van der Waals surface area contributed by atoms with Gasteiger partial charge in [0.05, 0.1) is 23.9 Å². The number of rotatable bonds is 4. The van der Waals surface area contributed by atoms with Gasteiger partial charge in [-0.05, 0) is 30.2 Å². The maximum Gasteiger partial charge on any atom is 0.338 e. The highest BCUT2D eigenvalue weighted by atomic mass is 16.5. The predicted molar refractivity (Wildman–Crippen MR) is 94.2 cm³/mol. The van der Waals surface area contributed by atoms with Crippen LogP contribution in [0.25, 0.3) is 5.70 Å². The highest BCUT2D eigenvalue weighted by Gasteiger charge is 2.34. The van der Waals surface area contributed by atoms with Crippen molar-refractivity contribution in [1.82, 2.24) is 10.6 Å². The molecule has 0 fully saturated rings. The van der Waals surface area contributed by atoms with Gasteiger partial charge in [0.25, 0.3) is 0 Å². The van der Waals surface area contributed by atoms with Crippen molar-refractivity contribution < 1.29 is 24.5 Å². The molecule has 7 nitrogen and oxygen atoms in total. The molecule has 134 valence electrons. The maximum atomic E-state index is 12.6. The Kier molecular flexibility index (Phi) is 4.79. The van der Waals surface area contributed by atoms with E-state index in [1.165, 1.54) is 18.2 Å². The van der Waals surface area contributed by atoms with Gasteiger partial charge in [0, 0.05) is 0 Å². The Bertz CT molecular complexity index is 877. The molecule has 0 saturated heterocycles. The molecule has 0 unspecified atom stereocenters. The van der Waals surface area contributed by atoms with E-state index < -0.39 is 18.0 Å². The fraction of sp³-hybridized carbons (Fsp3) is 0.158. The van der Waals surface area contributed by atoms with Gasteiger partial charge in [0.2, 0.25) is 0 Å². The molecule has 2 aromatic rings.